The lowest BCUT2D eigenvalue weighted by molar-refractivity contribution is -0.118. The Bertz CT molecular complexity index is 1200. The third kappa shape index (κ3) is 6.08. The van der Waals surface area contributed by atoms with Crippen LogP contribution in [-0.4, -0.2) is 37.7 Å². The van der Waals surface area contributed by atoms with E-state index in [1.807, 2.05) is 6.07 Å². The lowest BCUT2D eigenvalue weighted by Crippen LogP contribution is -2.21. The summed E-state index contributed by atoms with van der Waals surface area (Å²) in [5.74, 6) is -1.57. The van der Waals surface area contributed by atoms with E-state index in [9.17, 15) is 14.4 Å². The van der Waals surface area contributed by atoms with Crippen molar-refractivity contribution in [3.8, 4) is 16.9 Å². The first kappa shape index (κ1) is 25.6. The van der Waals surface area contributed by atoms with Gasteiger partial charge in [-0.1, -0.05) is 53.5 Å². The van der Waals surface area contributed by atoms with E-state index in [2.05, 4.69) is 5.32 Å². The van der Waals surface area contributed by atoms with Gasteiger partial charge in [0.05, 0.1) is 18.2 Å². The minimum Gasteiger partial charge on any atom is -0.482 e. The summed E-state index contributed by atoms with van der Waals surface area (Å²) in [5.41, 5.74) is 1.01. The van der Waals surface area contributed by atoms with Crippen LogP contribution in [-0.2, 0) is 14.3 Å². The van der Waals surface area contributed by atoms with Crippen LogP contribution in [0.3, 0.4) is 0 Å². The van der Waals surface area contributed by atoms with Crippen LogP contribution in [0.1, 0.15) is 33.9 Å². The van der Waals surface area contributed by atoms with Crippen molar-refractivity contribution in [1.29, 1.82) is 0 Å². The van der Waals surface area contributed by atoms with E-state index >= 15 is 0 Å². The Hall–Kier alpha value is -3.07. The minimum absolute atomic E-state index is 0.0685. The molecule has 0 aliphatic heterocycles. The van der Waals surface area contributed by atoms with Crippen LogP contribution >= 0.6 is 34.5 Å². The lowest BCUT2D eigenvalue weighted by atomic mass is 10.0. The standard InChI is InChI=1S/C24H21Cl2NO6S/c1-3-31-23(29)20-19(14-8-6-5-7-9-14)21(24(30)32-4-2)34-22(20)27-18(28)13-33-17-11-10-15(25)12-16(17)26/h5-12H,3-4,13H2,1-2H3,(H,27,28). The number of thiophene rings is 1. The van der Waals surface area contributed by atoms with Crippen molar-refractivity contribution in [2.24, 2.45) is 0 Å². The molecule has 34 heavy (non-hydrogen) atoms. The number of halogens is 2. The molecule has 1 aromatic heterocycles. The second kappa shape index (κ2) is 11.9. The number of carbonyl (C=O) groups is 3. The van der Waals surface area contributed by atoms with Crippen LogP contribution in [0.5, 0.6) is 5.75 Å². The van der Waals surface area contributed by atoms with Gasteiger partial charge in [0.25, 0.3) is 5.91 Å². The van der Waals surface area contributed by atoms with Crippen molar-refractivity contribution in [1.82, 2.24) is 0 Å². The van der Waals surface area contributed by atoms with Crippen LogP contribution in [0.25, 0.3) is 11.1 Å². The van der Waals surface area contributed by atoms with Gasteiger partial charge in [0.1, 0.15) is 21.2 Å². The Labute approximate surface area is 210 Å². The van der Waals surface area contributed by atoms with Gasteiger partial charge in [-0.05, 0) is 37.6 Å². The van der Waals surface area contributed by atoms with Crippen LogP contribution in [0.4, 0.5) is 5.00 Å². The lowest BCUT2D eigenvalue weighted by Gasteiger charge is -2.10. The Morgan fingerprint density at radius 3 is 2.26 bits per heavy atom. The van der Waals surface area contributed by atoms with E-state index in [1.165, 1.54) is 6.07 Å². The summed E-state index contributed by atoms with van der Waals surface area (Å²) in [7, 11) is 0. The first-order valence-electron chi connectivity index (χ1n) is 10.3. The van der Waals surface area contributed by atoms with E-state index in [0.717, 1.165) is 11.3 Å². The normalized spacial score (nSPS) is 10.5. The summed E-state index contributed by atoms with van der Waals surface area (Å²) in [5, 5.41) is 3.48. The Morgan fingerprint density at radius 2 is 1.62 bits per heavy atom. The van der Waals surface area contributed by atoms with Gasteiger partial charge in [0, 0.05) is 10.6 Å². The molecule has 0 fully saturated rings. The maximum absolute atomic E-state index is 12.9. The monoisotopic (exact) mass is 521 g/mol. The van der Waals surface area contributed by atoms with Crippen LogP contribution in [0.15, 0.2) is 48.5 Å². The Kier molecular flexibility index (Phi) is 8.92. The van der Waals surface area contributed by atoms with Crippen molar-refractivity contribution < 1.29 is 28.6 Å². The van der Waals surface area contributed by atoms with Crippen molar-refractivity contribution in [3.63, 3.8) is 0 Å². The maximum atomic E-state index is 12.9. The van der Waals surface area contributed by atoms with E-state index in [4.69, 9.17) is 37.4 Å². The van der Waals surface area contributed by atoms with Gasteiger partial charge < -0.3 is 19.5 Å². The van der Waals surface area contributed by atoms with Crippen molar-refractivity contribution in [2.75, 3.05) is 25.1 Å². The fraction of sp³-hybridized carbons (Fsp3) is 0.208. The van der Waals surface area contributed by atoms with Gasteiger partial charge >= 0.3 is 11.9 Å². The number of amides is 1. The zero-order chi connectivity index (χ0) is 24.7. The van der Waals surface area contributed by atoms with Gasteiger partial charge in [0.15, 0.2) is 6.61 Å². The summed E-state index contributed by atoms with van der Waals surface area (Å²) >= 11 is 12.9. The highest BCUT2D eigenvalue weighted by molar-refractivity contribution is 7.19. The van der Waals surface area contributed by atoms with Gasteiger partial charge in [-0.3, -0.25) is 4.79 Å². The molecule has 0 saturated carbocycles. The molecule has 1 amide bonds. The molecule has 2 aromatic carbocycles. The molecule has 0 radical (unpaired) electrons. The molecule has 0 spiro atoms. The zero-order valence-corrected chi connectivity index (χ0v) is 20.7. The molecule has 0 atom stereocenters. The third-order valence-corrected chi connectivity index (χ3v) is 6.03. The largest absolute Gasteiger partial charge is 0.482 e. The summed E-state index contributed by atoms with van der Waals surface area (Å²) < 4.78 is 15.9. The predicted octanol–water partition coefficient (Wildman–Crippen LogP) is 6.09. The van der Waals surface area contributed by atoms with Gasteiger partial charge in [-0.2, -0.15) is 0 Å². The molecule has 1 N–H and O–H groups in total. The van der Waals surface area contributed by atoms with Crippen LogP contribution < -0.4 is 10.1 Å². The zero-order valence-electron chi connectivity index (χ0n) is 18.4. The first-order chi connectivity index (χ1) is 16.3. The predicted molar refractivity (Wildman–Crippen MR) is 132 cm³/mol. The molecule has 0 aliphatic rings. The molecule has 3 aromatic rings. The number of carbonyl (C=O) groups excluding carboxylic acids is 3. The van der Waals surface area contributed by atoms with Crippen molar-refractivity contribution in [3.05, 3.63) is 69.0 Å². The van der Waals surface area contributed by atoms with Gasteiger partial charge in [-0.25, -0.2) is 9.59 Å². The van der Waals surface area contributed by atoms with E-state index in [0.29, 0.717) is 16.1 Å². The molecule has 3 rings (SSSR count). The molecular weight excluding hydrogens is 501 g/mol. The van der Waals surface area contributed by atoms with Crippen LogP contribution in [0, 0.1) is 0 Å². The number of esters is 2. The summed E-state index contributed by atoms with van der Waals surface area (Å²) in [6.07, 6.45) is 0. The Balaban J connectivity index is 1.97. The fourth-order valence-corrected chi connectivity index (χ4v) is 4.62. The second-order valence-corrected chi connectivity index (χ2v) is 8.59. The molecule has 178 valence electrons. The minimum atomic E-state index is -0.676. The summed E-state index contributed by atoms with van der Waals surface area (Å²) in [4.78, 5) is 38.5. The molecule has 7 nitrogen and oxygen atoms in total. The van der Waals surface area contributed by atoms with Gasteiger partial charge in [0.2, 0.25) is 0 Å². The maximum Gasteiger partial charge on any atom is 0.349 e. The number of nitrogens with one attached hydrogen (secondary N) is 1. The highest BCUT2D eigenvalue weighted by Crippen LogP contribution is 2.41. The highest BCUT2D eigenvalue weighted by atomic mass is 35.5. The quantitative estimate of drug-likeness (QED) is 0.342. The fourth-order valence-electron chi connectivity index (χ4n) is 3.04. The Morgan fingerprint density at radius 1 is 0.941 bits per heavy atom. The highest BCUT2D eigenvalue weighted by Gasteiger charge is 2.30. The van der Waals surface area contributed by atoms with Crippen molar-refractivity contribution in [2.45, 2.75) is 13.8 Å². The number of hydrogen-bond donors (Lipinski definition) is 1. The van der Waals surface area contributed by atoms with Crippen LogP contribution in [0.2, 0.25) is 10.0 Å². The van der Waals surface area contributed by atoms with E-state index in [-0.39, 0.29) is 39.4 Å². The first-order valence-corrected chi connectivity index (χ1v) is 11.9. The summed E-state index contributed by atoms with van der Waals surface area (Å²) in [6.45, 7) is 3.22. The number of hydrogen-bond acceptors (Lipinski definition) is 7. The molecule has 0 unspecified atom stereocenters. The number of rotatable bonds is 9. The molecular formula is C24H21Cl2NO6S. The van der Waals surface area contributed by atoms with Gasteiger partial charge in [-0.15, -0.1) is 11.3 Å². The SMILES string of the molecule is CCOC(=O)c1sc(NC(=O)COc2ccc(Cl)cc2Cl)c(C(=O)OCC)c1-c1ccccc1. The average Bonchev–Trinajstić information content (AvgIpc) is 3.18. The molecule has 0 saturated heterocycles. The number of anilines is 1. The van der Waals surface area contributed by atoms with E-state index in [1.54, 1.807) is 50.2 Å². The van der Waals surface area contributed by atoms with E-state index < -0.39 is 24.5 Å². The number of benzene rings is 2. The third-order valence-electron chi connectivity index (χ3n) is 4.42. The number of ether oxygens (including phenoxy) is 3. The smallest absolute Gasteiger partial charge is 0.349 e. The molecule has 0 aliphatic carbocycles. The topological polar surface area (TPSA) is 90.9 Å². The van der Waals surface area contributed by atoms with Crippen molar-refractivity contribution >= 4 is 57.4 Å². The molecule has 10 heteroatoms. The summed E-state index contributed by atoms with van der Waals surface area (Å²) in [6, 6.07) is 13.5. The second-order valence-electron chi connectivity index (χ2n) is 6.73. The molecule has 0 bridgehead atoms. The average molecular weight is 522 g/mol. The molecule has 1 heterocycles.